The zero-order chi connectivity index (χ0) is 19.3. The van der Waals surface area contributed by atoms with E-state index in [1.807, 2.05) is 19.1 Å². The molecule has 1 aliphatic carbocycles. The van der Waals surface area contributed by atoms with Gasteiger partial charge >= 0.3 is 5.97 Å². The first kappa shape index (κ1) is 19.4. The van der Waals surface area contributed by atoms with Crippen LogP contribution in [0, 0.1) is 24.7 Å². The summed E-state index contributed by atoms with van der Waals surface area (Å²) >= 11 is 0. The van der Waals surface area contributed by atoms with E-state index in [0.717, 1.165) is 5.56 Å². The minimum atomic E-state index is -1.12. The van der Waals surface area contributed by atoms with Crippen molar-refractivity contribution in [2.75, 3.05) is 12.4 Å². The maximum atomic E-state index is 12.8. The highest BCUT2D eigenvalue weighted by Crippen LogP contribution is 2.42. The van der Waals surface area contributed by atoms with Gasteiger partial charge in [0.1, 0.15) is 6.10 Å². The van der Waals surface area contributed by atoms with E-state index in [4.69, 9.17) is 4.74 Å². The lowest BCUT2D eigenvalue weighted by Gasteiger charge is -2.23. The molecule has 8 heteroatoms. The molecule has 0 radical (unpaired) electrons. The minimum absolute atomic E-state index is 0.0995. The molecule has 4 unspecified atom stereocenters. The summed E-state index contributed by atoms with van der Waals surface area (Å²) in [7, 11) is 1.44. The van der Waals surface area contributed by atoms with Gasteiger partial charge in [-0.3, -0.25) is 19.2 Å². The van der Waals surface area contributed by atoms with Gasteiger partial charge in [0.05, 0.1) is 5.92 Å². The Bertz CT molecular complexity index is 687. The van der Waals surface area contributed by atoms with Gasteiger partial charge in [0.25, 0.3) is 6.47 Å². The molecule has 1 aromatic rings. The molecule has 1 aromatic carbocycles. The topological polar surface area (TPSA) is 122 Å². The number of nitrogens with one attached hydrogen (secondary N) is 2. The molecular formula is C18H22N2O6. The molecular weight excluding hydrogens is 340 g/mol. The van der Waals surface area contributed by atoms with E-state index in [1.54, 1.807) is 12.1 Å². The number of carbonyl (C=O) groups excluding carboxylic acids is 3. The predicted octanol–water partition coefficient (Wildman–Crippen LogP) is 0.948. The van der Waals surface area contributed by atoms with Gasteiger partial charge in [-0.05, 0) is 31.4 Å². The van der Waals surface area contributed by atoms with Gasteiger partial charge in [0.15, 0.2) is 0 Å². The first-order valence-electron chi connectivity index (χ1n) is 8.27. The molecule has 26 heavy (non-hydrogen) atoms. The molecule has 1 saturated carbocycles. The second kappa shape index (κ2) is 8.46. The van der Waals surface area contributed by atoms with Crippen molar-refractivity contribution < 1.29 is 29.0 Å². The Labute approximate surface area is 150 Å². The van der Waals surface area contributed by atoms with Gasteiger partial charge < -0.3 is 20.5 Å². The molecule has 0 heterocycles. The molecule has 1 fully saturated rings. The van der Waals surface area contributed by atoms with Crippen LogP contribution in [0.5, 0.6) is 0 Å². The second-order valence-electron chi connectivity index (χ2n) is 6.37. The van der Waals surface area contributed by atoms with E-state index in [1.165, 1.54) is 7.05 Å². The monoisotopic (exact) mass is 362 g/mol. The second-order valence-corrected chi connectivity index (χ2v) is 6.37. The third-order valence-electron chi connectivity index (χ3n) is 4.71. The summed E-state index contributed by atoms with van der Waals surface area (Å²) < 4.78 is 5.02. The fourth-order valence-corrected chi connectivity index (χ4v) is 3.49. The van der Waals surface area contributed by atoms with Gasteiger partial charge in [0, 0.05) is 25.1 Å². The Hall–Kier alpha value is -2.90. The lowest BCUT2D eigenvalue weighted by atomic mass is 9.85. The molecule has 0 spiro atoms. The number of hydrogen-bond donors (Lipinski definition) is 3. The normalized spacial score (nSPS) is 24.5. The lowest BCUT2D eigenvalue weighted by Crippen LogP contribution is -2.38. The van der Waals surface area contributed by atoms with Crippen LogP contribution >= 0.6 is 0 Å². The standard InChI is InChI=1S/C18H22N2O6/c1-10-3-5-11(6-4-10)20-18(25)16-12(8-15(22)23)13(17(24)19-2)7-14(16)26-9-21/h3-6,9,12-14,16H,7-8H2,1-2H3,(H,19,24)(H,20,25)(H,22,23). The summed E-state index contributed by atoms with van der Waals surface area (Å²) in [5, 5.41) is 14.4. The van der Waals surface area contributed by atoms with Crippen molar-refractivity contribution in [3.63, 3.8) is 0 Å². The largest absolute Gasteiger partial charge is 0.481 e. The van der Waals surface area contributed by atoms with Crippen molar-refractivity contribution >= 4 is 29.9 Å². The molecule has 2 amide bonds. The van der Waals surface area contributed by atoms with E-state index in [2.05, 4.69) is 10.6 Å². The summed E-state index contributed by atoms with van der Waals surface area (Å²) in [6.45, 7) is 2.13. The van der Waals surface area contributed by atoms with Crippen LogP contribution in [-0.2, 0) is 23.9 Å². The number of anilines is 1. The van der Waals surface area contributed by atoms with E-state index in [0.29, 0.717) is 5.69 Å². The fraction of sp³-hybridized carbons (Fsp3) is 0.444. The highest BCUT2D eigenvalue weighted by Gasteiger charge is 2.51. The van der Waals surface area contributed by atoms with Crippen LogP contribution in [-0.4, -0.2) is 42.5 Å². The van der Waals surface area contributed by atoms with Gasteiger partial charge in [-0.2, -0.15) is 0 Å². The van der Waals surface area contributed by atoms with Gasteiger partial charge in [-0.25, -0.2) is 0 Å². The fourth-order valence-electron chi connectivity index (χ4n) is 3.49. The van der Waals surface area contributed by atoms with Gasteiger partial charge in [0.2, 0.25) is 11.8 Å². The Morgan fingerprint density at radius 1 is 1.23 bits per heavy atom. The summed E-state index contributed by atoms with van der Waals surface area (Å²) in [4.78, 5) is 47.0. The van der Waals surface area contributed by atoms with Gasteiger partial charge in [-0.15, -0.1) is 0 Å². The van der Waals surface area contributed by atoms with Crippen molar-refractivity contribution in [3.8, 4) is 0 Å². The number of carboxylic acids is 1. The predicted molar refractivity (Wildman–Crippen MR) is 92.2 cm³/mol. The molecule has 0 saturated heterocycles. The Morgan fingerprint density at radius 2 is 1.88 bits per heavy atom. The first-order chi connectivity index (χ1) is 12.4. The summed E-state index contributed by atoms with van der Waals surface area (Å²) in [6.07, 6.45) is -1.13. The molecule has 4 atom stereocenters. The maximum Gasteiger partial charge on any atom is 0.303 e. The molecule has 3 N–H and O–H groups in total. The molecule has 8 nitrogen and oxygen atoms in total. The highest BCUT2D eigenvalue weighted by molar-refractivity contribution is 5.95. The summed E-state index contributed by atoms with van der Waals surface area (Å²) in [5.74, 6) is -4.40. The average molecular weight is 362 g/mol. The van der Waals surface area contributed by atoms with Crippen molar-refractivity contribution in [3.05, 3.63) is 29.8 Å². The number of amides is 2. The van der Waals surface area contributed by atoms with Crippen molar-refractivity contribution in [2.45, 2.75) is 25.9 Å². The van der Waals surface area contributed by atoms with Crippen LogP contribution in [0.3, 0.4) is 0 Å². The number of carbonyl (C=O) groups is 4. The number of hydrogen-bond acceptors (Lipinski definition) is 5. The van der Waals surface area contributed by atoms with E-state index >= 15 is 0 Å². The van der Waals surface area contributed by atoms with Crippen LogP contribution < -0.4 is 10.6 Å². The van der Waals surface area contributed by atoms with E-state index in [-0.39, 0.29) is 25.2 Å². The molecule has 0 aliphatic heterocycles. The molecule has 2 rings (SSSR count). The number of carboxylic acid groups (broad SMARTS) is 1. The molecule has 0 bridgehead atoms. The summed E-state index contributed by atoms with van der Waals surface area (Å²) in [5.41, 5.74) is 1.57. The average Bonchev–Trinajstić information content (AvgIpc) is 2.94. The SMILES string of the molecule is CNC(=O)C1CC(OC=O)C(C(=O)Nc2ccc(C)cc2)C1CC(=O)O. The molecule has 1 aliphatic rings. The quantitative estimate of drug-likeness (QED) is 0.621. The van der Waals surface area contributed by atoms with Crippen LogP contribution in [0.1, 0.15) is 18.4 Å². The van der Waals surface area contributed by atoms with E-state index in [9.17, 15) is 24.3 Å². The van der Waals surface area contributed by atoms with Crippen LogP contribution in [0.2, 0.25) is 0 Å². The number of rotatable bonds is 7. The maximum absolute atomic E-state index is 12.8. The van der Waals surface area contributed by atoms with E-state index < -0.39 is 35.7 Å². The van der Waals surface area contributed by atoms with Crippen LogP contribution in [0.25, 0.3) is 0 Å². The zero-order valence-electron chi connectivity index (χ0n) is 14.6. The minimum Gasteiger partial charge on any atom is -0.481 e. The van der Waals surface area contributed by atoms with Crippen molar-refractivity contribution in [1.82, 2.24) is 5.32 Å². The summed E-state index contributed by atoms with van der Waals surface area (Å²) in [6, 6.07) is 7.10. The number of aliphatic carboxylic acids is 1. The van der Waals surface area contributed by atoms with Crippen molar-refractivity contribution in [2.24, 2.45) is 17.8 Å². The zero-order valence-corrected chi connectivity index (χ0v) is 14.6. The number of ether oxygens (including phenoxy) is 1. The Balaban J connectivity index is 2.29. The number of aryl methyl sites for hydroxylation is 1. The smallest absolute Gasteiger partial charge is 0.303 e. The van der Waals surface area contributed by atoms with Crippen LogP contribution in [0.4, 0.5) is 5.69 Å². The van der Waals surface area contributed by atoms with Crippen LogP contribution in [0.15, 0.2) is 24.3 Å². The van der Waals surface area contributed by atoms with Gasteiger partial charge in [-0.1, -0.05) is 17.7 Å². The first-order valence-corrected chi connectivity index (χ1v) is 8.27. The Kier molecular flexibility index (Phi) is 6.32. The Morgan fingerprint density at radius 3 is 2.42 bits per heavy atom. The molecule has 140 valence electrons. The third kappa shape index (κ3) is 4.38. The number of benzene rings is 1. The molecule has 0 aromatic heterocycles. The van der Waals surface area contributed by atoms with Crippen molar-refractivity contribution in [1.29, 1.82) is 0 Å². The lowest BCUT2D eigenvalue weighted by molar-refractivity contribution is -0.140. The highest BCUT2D eigenvalue weighted by atomic mass is 16.5. The third-order valence-corrected chi connectivity index (χ3v) is 4.71.